The summed E-state index contributed by atoms with van der Waals surface area (Å²) in [6.07, 6.45) is 2.67. The van der Waals surface area contributed by atoms with E-state index in [0.717, 1.165) is 19.4 Å². The summed E-state index contributed by atoms with van der Waals surface area (Å²) in [4.78, 5) is 23.1. The van der Waals surface area contributed by atoms with Crippen LogP contribution in [0.4, 0.5) is 13.2 Å². The number of aryl methyl sites for hydroxylation is 1. The molecule has 13 heteroatoms. The van der Waals surface area contributed by atoms with Gasteiger partial charge in [-0.3, -0.25) is 19.4 Å². The molecular weight excluding hydrogens is 712 g/mol. The first-order valence-corrected chi connectivity index (χ1v) is 21.0. The van der Waals surface area contributed by atoms with Crippen molar-refractivity contribution in [2.24, 2.45) is 7.05 Å². The van der Waals surface area contributed by atoms with E-state index in [1.54, 1.807) is 31.4 Å². The highest BCUT2D eigenvalue weighted by Crippen LogP contribution is 2.45. The number of hydrogen-bond donors (Lipinski definition) is 1. The largest absolute Gasteiger partial charge is 0.468 e. The zero-order valence-corrected chi connectivity index (χ0v) is 33.2. The van der Waals surface area contributed by atoms with Crippen LogP contribution in [-0.4, -0.2) is 78.0 Å². The molecule has 7 rings (SSSR count). The number of rotatable bonds is 10. The van der Waals surface area contributed by atoms with Gasteiger partial charge in [0.25, 0.3) is 11.6 Å². The maximum absolute atomic E-state index is 17.5. The van der Waals surface area contributed by atoms with Crippen LogP contribution in [0.5, 0.6) is 11.8 Å². The molecule has 2 fully saturated rings. The van der Waals surface area contributed by atoms with Crippen LogP contribution in [0.2, 0.25) is 16.6 Å². The summed E-state index contributed by atoms with van der Waals surface area (Å²) in [6, 6.07) is 6.21. The van der Waals surface area contributed by atoms with E-state index >= 15 is 8.78 Å². The van der Waals surface area contributed by atoms with Gasteiger partial charge in [0, 0.05) is 49.7 Å². The van der Waals surface area contributed by atoms with Gasteiger partial charge in [-0.05, 0) is 65.2 Å². The zero-order chi connectivity index (χ0) is 38.7. The number of aromatic nitrogens is 4. The first kappa shape index (κ1) is 37.9. The molecule has 0 bridgehead atoms. The van der Waals surface area contributed by atoms with Crippen molar-refractivity contribution in [1.82, 2.24) is 24.6 Å². The monoisotopic (exact) mass is 759 g/mol. The average Bonchev–Trinajstić information content (AvgIpc) is 3.78. The molecule has 0 aliphatic carbocycles. The molecule has 0 amide bonds. The second kappa shape index (κ2) is 14.4. The number of halogens is 3. The fourth-order valence-corrected chi connectivity index (χ4v) is 14.7. The van der Waals surface area contributed by atoms with Crippen LogP contribution in [0.25, 0.3) is 43.7 Å². The van der Waals surface area contributed by atoms with Gasteiger partial charge >= 0.3 is 0 Å². The fourth-order valence-electron chi connectivity index (χ4n) is 9.45. The Morgan fingerprint density at radius 1 is 1.06 bits per heavy atom. The molecule has 2 atom stereocenters. The van der Waals surface area contributed by atoms with Gasteiger partial charge in [0.1, 0.15) is 43.5 Å². The predicted molar refractivity (Wildman–Crippen MR) is 208 cm³/mol. The Balaban J connectivity index is 1.49. The van der Waals surface area contributed by atoms with Crippen LogP contribution in [0, 0.1) is 23.1 Å². The van der Waals surface area contributed by atoms with Crippen molar-refractivity contribution in [1.29, 1.82) is 0 Å². The van der Waals surface area contributed by atoms with Crippen LogP contribution in [0.1, 0.15) is 66.4 Å². The number of nitrogens with one attached hydrogen (secondary N) is 1. The van der Waals surface area contributed by atoms with E-state index in [1.165, 1.54) is 17.9 Å². The summed E-state index contributed by atoms with van der Waals surface area (Å²) in [5.41, 5.74) is 3.83. The third-order valence-corrected chi connectivity index (χ3v) is 18.1. The van der Waals surface area contributed by atoms with Crippen molar-refractivity contribution < 1.29 is 27.4 Å². The molecule has 286 valence electrons. The Morgan fingerprint density at radius 3 is 2.50 bits per heavy atom. The van der Waals surface area contributed by atoms with E-state index in [0.29, 0.717) is 51.5 Å². The number of alkyl halides is 1. The van der Waals surface area contributed by atoms with Crippen LogP contribution in [0.3, 0.4) is 0 Å². The topological polar surface area (TPSA) is 94.5 Å². The number of methoxy groups -OCH3 is 1. The summed E-state index contributed by atoms with van der Waals surface area (Å²) in [5.74, 6) is 2.30. The molecule has 9 nitrogen and oxygen atoms in total. The number of benzene rings is 3. The second-order valence-electron chi connectivity index (χ2n) is 15.9. The molecule has 0 unspecified atom stereocenters. The van der Waals surface area contributed by atoms with Crippen molar-refractivity contribution in [2.75, 3.05) is 33.6 Å². The second-order valence-corrected chi connectivity index (χ2v) is 21.5. The molecule has 2 saturated heterocycles. The fraction of sp³-hybridized carbons (Fsp3) is 0.488. The lowest BCUT2D eigenvalue weighted by atomic mass is 9.91. The molecule has 2 aromatic heterocycles. The van der Waals surface area contributed by atoms with Gasteiger partial charge in [-0.25, -0.2) is 13.2 Å². The maximum Gasteiger partial charge on any atom is 0.297 e. The number of fused-ring (bicyclic) bond motifs is 5. The van der Waals surface area contributed by atoms with Crippen LogP contribution in [0.15, 0.2) is 35.3 Å². The Bertz CT molecular complexity index is 2360. The number of nitrogens with zero attached hydrogens (tertiary/aromatic N) is 4. The Labute approximate surface area is 314 Å². The zero-order valence-electron chi connectivity index (χ0n) is 32.2. The number of aromatic amines is 1. The molecular formula is C41H48F3N5O4Si. The smallest absolute Gasteiger partial charge is 0.297 e. The summed E-state index contributed by atoms with van der Waals surface area (Å²) in [5, 5.41) is 5.95. The van der Waals surface area contributed by atoms with Gasteiger partial charge in [0.15, 0.2) is 12.6 Å². The Hall–Kier alpha value is -4.38. The lowest BCUT2D eigenvalue weighted by molar-refractivity contribution is 0.0512. The predicted octanol–water partition coefficient (Wildman–Crippen LogP) is 8.42. The summed E-state index contributed by atoms with van der Waals surface area (Å²) < 4.78 is 66.9. The molecule has 0 saturated carbocycles. The highest BCUT2D eigenvalue weighted by Gasteiger charge is 2.49. The Morgan fingerprint density at radius 2 is 1.80 bits per heavy atom. The molecule has 3 aromatic carbocycles. The van der Waals surface area contributed by atoms with Gasteiger partial charge < -0.3 is 14.2 Å². The molecule has 2 aliphatic rings. The third-order valence-electron chi connectivity index (χ3n) is 11.8. The minimum Gasteiger partial charge on any atom is -0.468 e. The van der Waals surface area contributed by atoms with Crippen molar-refractivity contribution in [2.45, 2.75) is 89.1 Å². The number of hydrogen-bond acceptors (Lipinski definition) is 7. The molecule has 4 heterocycles. The summed E-state index contributed by atoms with van der Waals surface area (Å²) >= 11 is 0. The lowest BCUT2D eigenvalue weighted by Crippen LogP contribution is -2.43. The first-order valence-electron chi connectivity index (χ1n) is 18.7. The van der Waals surface area contributed by atoms with E-state index in [2.05, 4.69) is 73.0 Å². The van der Waals surface area contributed by atoms with Crippen molar-refractivity contribution in [3.8, 4) is 34.4 Å². The molecule has 5 aromatic rings. The highest BCUT2D eigenvalue weighted by molar-refractivity contribution is 6.90. The van der Waals surface area contributed by atoms with Crippen molar-refractivity contribution >= 4 is 40.7 Å². The van der Waals surface area contributed by atoms with Gasteiger partial charge in [0.2, 0.25) is 0 Å². The maximum atomic E-state index is 17.5. The SMILES string of the molecule is COCOc1cc(-c2c(F)c3nc(OC[C@@]45CCCN4C[C@H](F)C5)[nH]c(=O)c3c3cn(C)nc23)c2c(C#C[Si](C(C)C)(C(C)C)C(C)C)c(F)ccc2c1. The molecule has 0 spiro atoms. The molecule has 0 radical (unpaired) electrons. The molecule has 1 N–H and O–H groups in total. The molecule has 2 aliphatic heterocycles. The summed E-state index contributed by atoms with van der Waals surface area (Å²) in [6.45, 7) is 14.3. The standard InChI is InChI=1S/C41H48F3N5O4Si/c1-23(2)54(24(3)4,25(5)6)15-12-29-32(43)11-10-26-16-28(53-22-51-8)17-30(33(26)29)34-36(44)38-35(31-20-48(7)47-37(31)34)39(50)46-40(45-38)52-21-41-13-9-14-49(41)19-27(42)18-41/h10-11,16-17,20,23-25,27H,9,13-14,18-19,21-22H2,1-8H3,(H,45,46,50)/t27-,41+/m1/s1. The first-order chi connectivity index (χ1) is 25.7. The number of H-pyrrole nitrogens is 1. The highest BCUT2D eigenvalue weighted by atomic mass is 28.3. The van der Waals surface area contributed by atoms with Gasteiger partial charge in [-0.15, -0.1) is 5.54 Å². The van der Waals surface area contributed by atoms with Crippen LogP contribution in [-0.2, 0) is 11.8 Å². The lowest BCUT2D eigenvalue weighted by Gasteiger charge is -2.38. The Kier molecular flexibility index (Phi) is 10.1. The van der Waals surface area contributed by atoms with E-state index in [9.17, 15) is 9.18 Å². The normalized spacial score (nSPS) is 19.1. The number of ether oxygens (including phenoxy) is 3. The van der Waals surface area contributed by atoms with Gasteiger partial charge in [0.05, 0.1) is 16.5 Å². The minimum absolute atomic E-state index is 0.000849. The van der Waals surface area contributed by atoms with Gasteiger partial charge in [-0.2, -0.15) is 10.1 Å². The van der Waals surface area contributed by atoms with Crippen molar-refractivity contribution in [3.63, 3.8) is 0 Å². The van der Waals surface area contributed by atoms with Gasteiger partial charge in [-0.1, -0.05) is 53.5 Å². The summed E-state index contributed by atoms with van der Waals surface area (Å²) in [7, 11) is 0.854. The van der Waals surface area contributed by atoms with E-state index < -0.39 is 37.0 Å². The van der Waals surface area contributed by atoms with E-state index in [4.69, 9.17) is 14.2 Å². The van der Waals surface area contributed by atoms with Crippen LogP contribution >= 0.6 is 0 Å². The van der Waals surface area contributed by atoms with Crippen molar-refractivity contribution in [3.05, 3.63) is 58.0 Å². The van der Waals surface area contributed by atoms with E-state index in [-0.39, 0.29) is 52.5 Å². The molecule has 54 heavy (non-hydrogen) atoms. The minimum atomic E-state index is -2.32. The van der Waals surface area contributed by atoms with Crippen LogP contribution < -0.4 is 15.0 Å². The quantitative estimate of drug-likeness (QED) is 0.0869. The van der Waals surface area contributed by atoms with E-state index in [1.807, 2.05) is 0 Å². The third kappa shape index (κ3) is 6.26. The average molecular weight is 760 g/mol.